The highest BCUT2D eigenvalue weighted by molar-refractivity contribution is 9.09. The Morgan fingerprint density at radius 1 is 1.58 bits per heavy atom. The summed E-state index contributed by atoms with van der Waals surface area (Å²) >= 11 is 15.1. The second kappa shape index (κ2) is 4.45. The molecule has 0 radical (unpaired) electrons. The minimum atomic E-state index is 0.210. The van der Waals surface area contributed by atoms with Crippen LogP contribution in [0.25, 0.3) is 0 Å². The molecule has 1 heterocycles. The first-order valence-corrected chi connectivity index (χ1v) is 5.27. The Morgan fingerprint density at radius 3 is 2.75 bits per heavy atom. The van der Waals surface area contributed by atoms with Crippen LogP contribution in [0.1, 0.15) is 23.9 Å². The first kappa shape index (κ1) is 10.3. The number of aromatic nitrogens is 1. The molecule has 0 aliphatic heterocycles. The van der Waals surface area contributed by atoms with Gasteiger partial charge in [0, 0.05) is 6.20 Å². The van der Waals surface area contributed by atoms with Gasteiger partial charge < -0.3 is 0 Å². The molecule has 1 nitrogen and oxygen atoms in total. The van der Waals surface area contributed by atoms with E-state index in [1.54, 1.807) is 12.3 Å². The lowest BCUT2D eigenvalue weighted by Crippen LogP contribution is -1.93. The van der Waals surface area contributed by atoms with E-state index in [0.29, 0.717) is 10.0 Å². The van der Waals surface area contributed by atoms with E-state index in [0.717, 1.165) is 12.1 Å². The molecule has 1 aromatic heterocycles. The van der Waals surface area contributed by atoms with Crippen LogP contribution < -0.4 is 0 Å². The normalized spacial score (nSPS) is 13.0. The topological polar surface area (TPSA) is 12.9 Å². The maximum atomic E-state index is 5.93. The number of rotatable bonds is 2. The van der Waals surface area contributed by atoms with Crippen molar-refractivity contribution >= 4 is 39.1 Å². The lowest BCUT2D eigenvalue weighted by molar-refractivity contribution is 0.873. The van der Waals surface area contributed by atoms with Gasteiger partial charge in [-0.2, -0.15) is 0 Å². The Labute approximate surface area is 90.2 Å². The van der Waals surface area contributed by atoms with Crippen molar-refractivity contribution in [1.29, 1.82) is 0 Å². The molecule has 0 spiro atoms. The molecule has 0 fully saturated rings. The van der Waals surface area contributed by atoms with E-state index < -0.39 is 0 Å². The van der Waals surface area contributed by atoms with Crippen LogP contribution in [0.5, 0.6) is 0 Å². The van der Waals surface area contributed by atoms with Gasteiger partial charge in [0.05, 0.1) is 20.6 Å². The van der Waals surface area contributed by atoms with Gasteiger partial charge in [-0.05, 0) is 12.5 Å². The van der Waals surface area contributed by atoms with Gasteiger partial charge in [-0.1, -0.05) is 46.1 Å². The van der Waals surface area contributed by atoms with E-state index in [-0.39, 0.29) is 4.83 Å². The maximum Gasteiger partial charge on any atom is 0.0726 e. The molecule has 0 saturated heterocycles. The minimum absolute atomic E-state index is 0.210. The highest BCUT2D eigenvalue weighted by Gasteiger charge is 2.10. The SMILES string of the molecule is CCC(Br)c1ncc(Cl)cc1Cl. The van der Waals surface area contributed by atoms with Crippen LogP contribution in [0.4, 0.5) is 0 Å². The molecule has 0 bridgehead atoms. The maximum absolute atomic E-state index is 5.93. The number of nitrogens with zero attached hydrogens (tertiary/aromatic N) is 1. The van der Waals surface area contributed by atoms with Crippen LogP contribution in [0.3, 0.4) is 0 Å². The van der Waals surface area contributed by atoms with Crippen molar-refractivity contribution in [2.75, 3.05) is 0 Å². The molecule has 0 aromatic carbocycles. The molecule has 12 heavy (non-hydrogen) atoms. The molecule has 4 heteroatoms. The van der Waals surface area contributed by atoms with Gasteiger partial charge in [0.2, 0.25) is 0 Å². The quantitative estimate of drug-likeness (QED) is 0.732. The van der Waals surface area contributed by atoms with Crippen LogP contribution in [-0.2, 0) is 0 Å². The predicted octanol–water partition coefficient (Wildman–Crippen LogP) is 4.23. The number of hydrogen-bond donors (Lipinski definition) is 0. The molecular weight excluding hydrogens is 261 g/mol. The molecule has 0 N–H and O–H groups in total. The fourth-order valence-corrected chi connectivity index (χ4v) is 1.86. The molecule has 1 unspecified atom stereocenters. The van der Waals surface area contributed by atoms with E-state index in [9.17, 15) is 0 Å². The Kier molecular flexibility index (Phi) is 3.81. The van der Waals surface area contributed by atoms with Crippen molar-refractivity contribution < 1.29 is 0 Å². The second-order valence-electron chi connectivity index (χ2n) is 2.40. The first-order valence-electron chi connectivity index (χ1n) is 3.60. The van der Waals surface area contributed by atoms with E-state index in [1.807, 2.05) is 0 Å². The van der Waals surface area contributed by atoms with E-state index in [1.165, 1.54) is 0 Å². The molecule has 1 aromatic rings. The number of halogens is 3. The smallest absolute Gasteiger partial charge is 0.0726 e. The molecule has 0 aliphatic rings. The summed E-state index contributed by atoms with van der Waals surface area (Å²) in [6, 6.07) is 1.70. The van der Waals surface area contributed by atoms with Crippen LogP contribution in [0, 0.1) is 0 Å². The van der Waals surface area contributed by atoms with Gasteiger partial charge in [0.25, 0.3) is 0 Å². The van der Waals surface area contributed by atoms with Gasteiger partial charge in [-0.25, -0.2) is 0 Å². The summed E-state index contributed by atoms with van der Waals surface area (Å²) in [4.78, 5) is 4.35. The van der Waals surface area contributed by atoms with Crippen molar-refractivity contribution in [3.8, 4) is 0 Å². The van der Waals surface area contributed by atoms with E-state index in [4.69, 9.17) is 23.2 Å². The number of pyridine rings is 1. The first-order chi connectivity index (χ1) is 5.65. The Hall–Kier alpha value is 0.210. The average molecular weight is 269 g/mol. The van der Waals surface area contributed by atoms with Gasteiger partial charge in [0.15, 0.2) is 0 Å². The lowest BCUT2D eigenvalue weighted by atomic mass is 10.2. The fourth-order valence-electron chi connectivity index (χ4n) is 0.849. The summed E-state index contributed by atoms with van der Waals surface area (Å²) in [7, 11) is 0. The highest BCUT2D eigenvalue weighted by atomic mass is 79.9. The molecule has 0 saturated carbocycles. The zero-order chi connectivity index (χ0) is 9.14. The molecule has 1 rings (SSSR count). The van der Waals surface area contributed by atoms with Gasteiger partial charge in [-0.15, -0.1) is 0 Å². The summed E-state index contributed by atoms with van der Waals surface area (Å²) < 4.78 is 0. The number of alkyl halides is 1. The summed E-state index contributed by atoms with van der Waals surface area (Å²) in [5, 5.41) is 1.19. The zero-order valence-corrected chi connectivity index (χ0v) is 9.62. The monoisotopic (exact) mass is 267 g/mol. The third kappa shape index (κ3) is 2.35. The fraction of sp³-hybridized carbons (Fsp3) is 0.375. The second-order valence-corrected chi connectivity index (χ2v) is 4.35. The Morgan fingerprint density at radius 2 is 2.25 bits per heavy atom. The van der Waals surface area contributed by atoms with Gasteiger partial charge in [-0.3, -0.25) is 4.98 Å². The van der Waals surface area contributed by atoms with Crippen molar-refractivity contribution in [3.63, 3.8) is 0 Å². The van der Waals surface area contributed by atoms with E-state index >= 15 is 0 Å². The van der Waals surface area contributed by atoms with Crippen LogP contribution in [0.15, 0.2) is 12.3 Å². The Bertz CT molecular complexity index is 278. The lowest BCUT2D eigenvalue weighted by Gasteiger charge is -2.07. The average Bonchev–Trinajstić information content (AvgIpc) is 2.03. The number of hydrogen-bond acceptors (Lipinski definition) is 1. The van der Waals surface area contributed by atoms with Crippen molar-refractivity contribution in [3.05, 3.63) is 28.0 Å². The third-order valence-corrected chi connectivity index (χ3v) is 3.08. The van der Waals surface area contributed by atoms with Crippen molar-refractivity contribution in [2.24, 2.45) is 0 Å². The van der Waals surface area contributed by atoms with Crippen molar-refractivity contribution in [2.45, 2.75) is 18.2 Å². The minimum Gasteiger partial charge on any atom is -0.257 e. The molecule has 0 aliphatic carbocycles. The molecule has 66 valence electrons. The summed E-state index contributed by atoms with van der Waals surface area (Å²) in [6.07, 6.45) is 2.56. The Balaban J connectivity index is 3.01. The molecular formula is C8H8BrCl2N. The summed E-state index contributed by atoms with van der Waals surface area (Å²) in [5.74, 6) is 0. The molecule has 0 amide bonds. The predicted molar refractivity (Wildman–Crippen MR) is 56.2 cm³/mol. The van der Waals surface area contributed by atoms with Crippen molar-refractivity contribution in [1.82, 2.24) is 4.98 Å². The van der Waals surface area contributed by atoms with Gasteiger partial charge >= 0.3 is 0 Å². The standard InChI is InChI=1S/C8H8BrCl2N/c1-2-6(9)8-7(11)3-5(10)4-12-8/h3-4,6H,2H2,1H3. The van der Waals surface area contributed by atoms with Crippen LogP contribution in [0.2, 0.25) is 10.0 Å². The summed E-state index contributed by atoms with van der Waals surface area (Å²) in [6.45, 7) is 2.06. The van der Waals surface area contributed by atoms with Crippen LogP contribution >= 0.6 is 39.1 Å². The van der Waals surface area contributed by atoms with Crippen LogP contribution in [-0.4, -0.2) is 4.98 Å². The highest BCUT2D eigenvalue weighted by Crippen LogP contribution is 2.31. The summed E-state index contributed by atoms with van der Waals surface area (Å²) in [5.41, 5.74) is 0.851. The zero-order valence-electron chi connectivity index (χ0n) is 6.52. The largest absolute Gasteiger partial charge is 0.257 e. The molecule has 1 atom stereocenters. The van der Waals surface area contributed by atoms with Gasteiger partial charge in [0.1, 0.15) is 0 Å². The van der Waals surface area contributed by atoms with E-state index in [2.05, 4.69) is 27.8 Å². The third-order valence-electron chi connectivity index (χ3n) is 1.49.